The van der Waals surface area contributed by atoms with Gasteiger partial charge in [0.1, 0.15) is 0 Å². The Balaban J connectivity index is -0.000000178. The van der Waals surface area contributed by atoms with E-state index in [2.05, 4.69) is 19.9 Å². The van der Waals surface area contributed by atoms with E-state index < -0.39 is 0 Å². The molecule has 0 aliphatic carbocycles. The molecule has 0 saturated carbocycles. The van der Waals surface area contributed by atoms with E-state index in [-0.39, 0.29) is 31.1 Å². The number of benzene rings is 1. The van der Waals surface area contributed by atoms with Crippen molar-refractivity contribution in [2.24, 2.45) is 0 Å². The summed E-state index contributed by atoms with van der Waals surface area (Å²) in [7, 11) is 0.500. The maximum absolute atomic E-state index is 9.50. The predicted molar refractivity (Wildman–Crippen MR) is 54.0 cm³/mol. The number of alkyl halides is 1. The van der Waals surface area contributed by atoms with Gasteiger partial charge in [-0.2, -0.15) is 24.1 Å². The maximum Gasteiger partial charge on any atom is 0.0785 e. The minimum Gasteiger partial charge on any atom is -0.255 e. The molecule has 0 nitrogen and oxygen atoms in total. The number of aryl methyl sites for hydroxylation is 1. The maximum atomic E-state index is 9.50. The Morgan fingerprint density at radius 2 is 1.46 bits per heavy atom. The molecule has 1 aromatic carbocycles. The fraction of sp³-hybridized carbons (Fsp3) is 0.364. The number of hydrogen-bond donors (Lipinski definition) is 0. The summed E-state index contributed by atoms with van der Waals surface area (Å²) in [5, 5.41) is 0. The van der Waals surface area contributed by atoms with Crippen molar-refractivity contribution >= 4 is 0 Å². The molecule has 0 aliphatic rings. The van der Waals surface area contributed by atoms with Crippen molar-refractivity contribution in [3.8, 4) is 0 Å². The quantitative estimate of drug-likeness (QED) is 0.575. The molecule has 0 fully saturated rings. The van der Waals surface area contributed by atoms with Crippen LogP contribution in [0.3, 0.4) is 0 Å². The molecular formula is C11H18FU-. The summed E-state index contributed by atoms with van der Waals surface area (Å²) in [4.78, 5) is 0. The topological polar surface area (TPSA) is 0 Å². The van der Waals surface area contributed by atoms with Crippen LogP contribution in [0.4, 0.5) is 4.39 Å². The van der Waals surface area contributed by atoms with Gasteiger partial charge in [-0.25, -0.2) is 0 Å². The molecule has 0 aliphatic heterocycles. The van der Waals surface area contributed by atoms with E-state index in [1.807, 2.05) is 32.0 Å². The third-order valence-corrected chi connectivity index (χ3v) is 1.26. The molecule has 13 heavy (non-hydrogen) atoms. The van der Waals surface area contributed by atoms with Crippen LogP contribution in [0.25, 0.3) is 0 Å². The van der Waals surface area contributed by atoms with Gasteiger partial charge in [0.05, 0.1) is 7.18 Å². The summed E-state index contributed by atoms with van der Waals surface area (Å²) in [6, 6.07) is 8.08. The first-order valence-corrected chi connectivity index (χ1v) is 4.06. The van der Waals surface area contributed by atoms with Gasteiger partial charge >= 0.3 is 0 Å². The largest absolute Gasteiger partial charge is 0.255 e. The normalized spacial score (nSPS) is 6.54. The second-order valence-electron chi connectivity index (χ2n) is 1.93. The first-order chi connectivity index (χ1) is 5.80. The van der Waals surface area contributed by atoms with Gasteiger partial charge in [0.25, 0.3) is 0 Å². The van der Waals surface area contributed by atoms with Crippen molar-refractivity contribution in [1.82, 2.24) is 0 Å². The minimum atomic E-state index is 0. The van der Waals surface area contributed by atoms with Gasteiger partial charge in [0, 0.05) is 31.1 Å². The van der Waals surface area contributed by atoms with Crippen LogP contribution in [-0.4, -0.2) is 7.18 Å². The molecule has 1 rings (SSSR count). The fourth-order valence-electron chi connectivity index (χ4n) is 0.610. The van der Waals surface area contributed by atoms with Crippen LogP contribution in [0.2, 0.25) is 0 Å². The van der Waals surface area contributed by atoms with Crippen molar-refractivity contribution in [2.75, 3.05) is 7.18 Å². The monoisotopic (exact) mass is 407 g/mol. The number of halogens is 1. The van der Waals surface area contributed by atoms with E-state index in [4.69, 9.17) is 0 Å². The zero-order valence-electron chi connectivity index (χ0n) is 8.89. The van der Waals surface area contributed by atoms with Gasteiger partial charge in [-0.3, -0.25) is 4.39 Å². The average Bonchev–Trinajstić information content (AvgIpc) is 2.17. The van der Waals surface area contributed by atoms with Crippen LogP contribution in [-0.2, 0) is 0 Å². The molecule has 0 heterocycles. The zero-order chi connectivity index (χ0) is 9.98. The van der Waals surface area contributed by atoms with E-state index in [9.17, 15) is 4.39 Å². The third-order valence-electron chi connectivity index (χ3n) is 1.26. The Kier molecular flexibility index (Phi) is 21.1. The third kappa shape index (κ3) is 9.99. The fourth-order valence-corrected chi connectivity index (χ4v) is 0.610. The summed E-state index contributed by atoms with van der Waals surface area (Å²) < 4.78 is 9.50. The Morgan fingerprint density at radius 1 is 1.08 bits per heavy atom. The van der Waals surface area contributed by atoms with E-state index in [0.717, 1.165) is 5.56 Å². The molecule has 1 aromatic rings. The molecule has 0 aromatic heterocycles. The molecule has 0 unspecified atom stereocenters. The van der Waals surface area contributed by atoms with Crippen LogP contribution in [0.1, 0.15) is 25.0 Å². The molecule has 2 heteroatoms. The van der Waals surface area contributed by atoms with Crippen LogP contribution in [0.5, 0.6) is 0 Å². The second-order valence-corrected chi connectivity index (χ2v) is 1.93. The van der Waals surface area contributed by atoms with E-state index in [1.165, 1.54) is 5.56 Å². The van der Waals surface area contributed by atoms with Crippen LogP contribution in [0, 0.1) is 45.0 Å². The predicted octanol–water partition coefficient (Wildman–Crippen LogP) is 3.79. The Morgan fingerprint density at radius 3 is 1.69 bits per heavy atom. The zero-order valence-corrected chi connectivity index (χ0v) is 13.1. The van der Waals surface area contributed by atoms with Crippen LogP contribution < -0.4 is 0 Å². The van der Waals surface area contributed by atoms with Gasteiger partial charge in [-0.15, -0.1) is 12.1 Å². The van der Waals surface area contributed by atoms with Crippen molar-refractivity contribution in [3.63, 3.8) is 0 Å². The molecule has 0 radical (unpaired) electrons. The minimum absolute atomic E-state index is 0. The molecule has 0 spiro atoms. The van der Waals surface area contributed by atoms with Gasteiger partial charge in [-0.05, 0) is 0 Å². The smallest absolute Gasteiger partial charge is 0.0785 e. The van der Waals surface area contributed by atoms with E-state index >= 15 is 0 Å². The van der Waals surface area contributed by atoms with Gasteiger partial charge in [0.2, 0.25) is 0 Å². The molecule has 74 valence electrons. The van der Waals surface area contributed by atoms with Crippen LogP contribution in [0.15, 0.2) is 24.3 Å². The van der Waals surface area contributed by atoms with Crippen LogP contribution >= 0.6 is 0 Å². The summed E-state index contributed by atoms with van der Waals surface area (Å²) in [6.45, 7) is 9.88. The molecule has 0 amide bonds. The summed E-state index contributed by atoms with van der Waals surface area (Å²) in [5.41, 5.74) is 2.38. The SMILES string of the molecule is CC.CF.[CH2-]c1ccccc1C.[U]. The standard InChI is InChI=1S/C8H9.C2H6.CH3F.U/c1-7-5-3-4-6-8(7)2;2*1-2;/h3-6H,1H2,2H3;1-2H3;1H3;/q-1;;;. The Labute approximate surface area is 105 Å². The first-order valence-electron chi connectivity index (χ1n) is 4.06. The van der Waals surface area contributed by atoms with Crippen molar-refractivity contribution in [2.45, 2.75) is 20.8 Å². The molecule has 0 atom stereocenters. The number of rotatable bonds is 0. The molecular weight excluding hydrogens is 389 g/mol. The van der Waals surface area contributed by atoms with Crippen molar-refractivity contribution < 1.29 is 35.5 Å². The van der Waals surface area contributed by atoms with E-state index in [0.29, 0.717) is 7.18 Å². The summed E-state index contributed by atoms with van der Waals surface area (Å²) in [6.07, 6.45) is 0. The van der Waals surface area contributed by atoms with Crippen molar-refractivity contribution in [1.29, 1.82) is 0 Å². The van der Waals surface area contributed by atoms with Gasteiger partial charge in [-0.1, -0.05) is 26.8 Å². The van der Waals surface area contributed by atoms with Gasteiger partial charge in [0.15, 0.2) is 0 Å². The Bertz CT molecular complexity index is 166. The molecule has 0 bridgehead atoms. The molecule has 0 N–H and O–H groups in total. The van der Waals surface area contributed by atoms with Gasteiger partial charge < -0.3 is 0 Å². The van der Waals surface area contributed by atoms with E-state index in [1.54, 1.807) is 0 Å². The Hall–Kier alpha value is 0.0719. The first kappa shape index (κ1) is 18.8. The molecule has 0 saturated heterocycles. The summed E-state index contributed by atoms with van der Waals surface area (Å²) >= 11 is 0. The number of hydrogen-bond acceptors (Lipinski definition) is 0. The average molecular weight is 407 g/mol. The van der Waals surface area contributed by atoms with Crippen molar-refractivity contribution in [3.05, 3.63) is 42.3 Å². The second kappa shape index (κ2) is 14.6. The summed E-state index contributed by atoms with van der Waals surface area (Å²) in [5.74, 6) is 0.